The van der Waals surface area contributed by atoms with E-state index in [9.17, 15) is 4.79 Å². The molecule has 6 nitrogen and oxygen atoms in total. The number of carbonyl (C=O) groups is 1. The molecule has 0 aromatic carbocycles. The molecule has 1 amide bonds. The molecule has 0 bridgehead atoms. The van der Waals surface area contributed by atoms with Crippen LogP contribution in [-0.4, -0.2) is 21.9 Å². The van der Waals surface area contributed by atoms with Gasteiger partial charge in [0.1, 0.15) is 28.8 Å². The maximum Gasteiger partial charge on any atom is 0.242 e. The van der Waals surface area contributed by atoms with E-state index in [1.54, 1.807) is 30.6 Å². The molecule has 3 aromatic rings. The van der Waals surface area contributed by atoms with Crippen molar-refractivity contribution in [2.75, 3.05) is 5.32 Å². The number of anilines is 1. The Morgan fingerprint density at radius 1 is 1.39 bits per heavy atom. The number of carbonyl (C=O) groups excluding carboxylic acids is 1. The second-order valence-electron chi connectivity index (χ2n) is 5.35. The second-order valence-corrected chi connectivity index (χ2v) is 6.55. The minimum atomic E-state index is -0.414. The number of nitrogens with zero attached hydrogens (tertiary/aromatic N) is 2. The van der Waals surface area contributed by atoms with Crippen molar-refractivity contribution in [2.45, 2.75) is 33.4 Å². The van der Waals surface area contributed by atoms with E-state index < -0.39 is 6.04 Å². The predicted molar refractivity (Wildman–Crippen MR) is 90.5 cm³/mol. The van der Waals surface area contributed by atoms with Crippen LogP contribution < -0.4 is 10.6 Å². The number of fused-ring (bicyclic) bond motifs is 1. The van der Waals surface area contributed by atoms with E-state index in [1.165, 1.54) is 11.2 Å². The highest BCUT2D eigenvalue weighted by Crippen LogP contribution is 2.32. The van der Waals surface area contributed by atoms with E-state index in [0.29, 0.717) is 12.4 Å². The van der Waals surface area contributed by atoms with E-state index >= 15 is 0 Å². The molecule has 120 valence electrons. The zero-order valence-electron chi connectivity index (χ0n) is 13.2. The van der Waals surface area contributed by atoms with Crippen molar-refractivity contribution >= 4 is 33.3 Å². The fraction of sp³-hybridized carbons (Fsp3) is 0.312. The van der Waals surface area contributed by atoms with Crippen LogP contribution in [0.4, 0.5) is 5.82 Å². The number of amides is 1. The molecular formula is C16H18N4O2S. The Morgan fingerprint density at radius 3 is 2.96 bits per heavy atom. The first kappa shape index (κ1) is 15.5. The van der Waals surface area contributed by atoms with Gasteiger partial charge in [-0.2, -0.15) is 0 Å². The van der Waals surface area contributed by atoms with Gasteiger partial charge in [0.25, 0.3) is 0 Å². The highest BCUT2D eigenvalue weighted by atomic mass is 32.1. The first-order valence-corrected chi connectivity index (χ1v) is 8.15. The van der Waals surface area contributed by atoms with Crippen LogP contribution in [0.5, 0.6) is 0 Å². The number of hydrogen-bond donors (Lipinski definition) is 2. The molecular weight excluding hydrogens is 312 g/mol. The molecule has 1 atom stereocenters. The standard InChI is InChI=1S/C16H18N4O2S/c1-9-11(3)23-16-13(9)14(18-8-19-16)20-10(2)15(21)17-7-12-5-4-6-22-12/h4-6,8,10H,7H2,1-3H3,(H,17,21)(H,18,19,20)/t10-/m0/s1. The van der Waals surface area contributed by atoms with Gasteiger partial charge in [-0.3, -0.25) is 4.79 Å². The topological polar surface area (TPSA) is 80.0 Å². The summed E-state index contributed by atoms with van der Waals surface area (Å²) in [6.45, 7) is 6.28. The van der Waals surface area contributed by atoms with E-state index in [1.807, 2.05) is 13.0 Å². The van der Waals surface area contributed by atoms with Crippen LogP contribution in [0.1, 0.15) is 23.1 Å². The third-order valence-corrected chi connectivity index (χ3v) is 4.84. The molecule has 23 heavy (non-hydrogen) atoms. The number of nitrogens with one attached hydrogen (secondary N) is 2. The SMILES string of the molecule is Cc1sc2ncnc(N[C@@H](C)C(=O)NCc3ccco3)c2c1C. The lowest BCUT2D eigenvalue weighted by atomic mass is 10.2. The molecule has 0 unspecified atom stereocenters. The van der Waals surface area contributed by atoms with Crippen LogP contribution >= 0.6 is 11.3 Å². The molecule has 0 saturated heterocycles. The number of aromatic nitrogens is 2. The molecule has 3 rings (SSSR count). The summed E-state index contributed by atoms with van der Waals surface area (Å²) in [5.41, 5.74) is 1.15. The number of furan rings is 1. The fourth-order valence-corrected chi connectivity index (χ4v) is 3.30. The number of rotatable bonds is 5. The molecule has 0 spiro atoms. The molecule has 0 fully saturated rings. The Labute approximate surface area is 137 Å². The van der Waals surface area contributed by atoms with Crippen LogP contribution in [0.2, 0.25) is 0 Å². The van der Waals surface area contributed by atoms with E-state index in [0.717, 1.165) is 21.5 Å². The summed E-state index contributed by atoms with van der Waals surface area (Å²) < 4.78 is 5.20. The van der Waals surface area contributed by atoms with Crippen molar-refractivity contribution in [1.29, 1.82) is 0 Å². The number of hydrogen-bond acceptors (Lipinski definition) is 6. The Morgan fingerprint density at radius 2 is 2.22 bits per heavy atom. The van der Waals surface area contributed by atoms with Gasteiger partial charge in [0.15, 0.2) is 0 Å². The quantitative estimate of drug-likeness (QED) is 0.752. The first-order chi connectivity index (χ1) is 11.1. The predicted octanol–water partition coefficient (Wildman–Crippen LogP) is 3.02. The van der Waals surface area contributed by atoms with Crippen molar-refractivity contribution in [1.82, 2.24) is 15.3 Å². The maximum absolute atomic E-state index is 12.2. The van der Waals surface area contributed by atoms with Gasteiger partial charge in [0.2, 0.25) is 5.91 Å². The Hall–Kier alpha value is -2.41. The maximum atomic E-state index is 12.2. The number of aryl methyl sites for hydroxylation is 2. The van der Waals surface area contributed by atoms with Crippen LogP contribution in [0.25, 0.3) is 10.2 Å². The third-order valence-electron chi connectivity index (χ3n) is 3.73. The Bertz CT molecular complexity index is 826. The third kappa shape index (κ3) is 3.19. The van der Waals surface area contributed by atoms with Crippen molar-refractivity contribution in [3.05, 3.63) is 40.9 Å². The molecule has 2 N–H and O–H groups in total. The van der Waals surface area contributed by atoms with Crippen molar-refractivity contribution < 1.29 is 9.21 Å². The second kappa shape index (κ2) is 6.37. The first-order valence-electron chi connectivity index (χ1n) is 7.33. The molecule has 0 aliphatic heterocycles. The lowest BCUT2D eigenvalue weighted by Crippen LogP contribution is -2.37. The lowest BCUT2D eigenvalue weighted by Gasteiger charge is -2.15. The van der Waals surface area contributed by atoms with E-state index in [4.69, 9.17) is 4.42 Å². The Kier molecular flexibility index (Phi) is 4.29. The Balaban J connectivity index is 1.72. The van der Waals surface area contributed by atoms with E-state index in [2.05, 4.69) is 27.5 Å². The fourth-order valence-electron chi connectivity index (χ4n) is 2.30. The molecule has 3 heterocycles. The zero-order valence-corrected chi connectivity index (χ0v) is 14.0. The summed E-state index contributed by atoms with van der Waals surface area (Å²) in [5.74, 6) is 1.30. The lowest BCUT2D eigenvalue weighted by molar-refractivity contribution is -0.121. The monoisotopic (exact) mass is 330 g/mol. The highest BCUT2D eigenvalue weighted by Gasteiger charge is 2.17. The molecule has 0 aliphatic carbocycles. The van der Waals surface area contributed by atoms with Crippen LogP contribution in [-0.2, 0) is 11.3 Å². The van der Waals surface area contributed by atoms with Crippen LogP contribution in [0.3, 0.4) is 0 Å². The summed E-state index contributed by atoms with van der Waals surface area (Å²) in [4.78, 5) is 23.0. The van der Waals surface area contributed by atoms with Crippen molar-refractivity contribution in [3.8, 4) is 0 Å². The van der Waals surface area contributed by atoms with Gasteiger partial charge in [0, 0.05) is 4.88 Å². The normalized spacial score (nSPS) is 12.3. The summed E-state index contributed by atoms with van der Waals surface area (Å²) in [5, 5.41) is 7.01. The van der Waals surface area contributed by atoms with Gasteiger partial charge in [-0.15, -0.1) is 11.3 Å². The molecule has 3 aromatic heterocycles. The summed E-state index contributed by atoms with van der Waals surface area (Å²) in [6, 6.07) is 3.20. The van der Waals surface area contributed by atoms with Gasteiger partial charge < -0.3 is 15.1 Å². The zero-order chi connectivity index (χ0) is 16.4. The average Bonchev–Trinajstić information content (AvgIpc) is 3.14. The van der Waals surface area contributed by atoms with Crippen molar-refractivity contribution in [2.24, 2.45) is 0 Å². The summed E-state index contributed by atoms with van der Waals surface area (Å²) in [6.07, 6.45) is 3.11. The van der Waals surface area contributed by atoms with E-state index in [-0.39, 0.29) is 5.91 Å². The number of thiophene rings is 1. The largest absolute Gasteiger partial charge is 0.467 e. The van der Waals surface area contributed by atoms with Gasteiger partial charge >= 0.3 is 0 Å². The van der Waals surface area contributed by atoms with Crippen LogP contribution in [0.15, 0.2) is 29.1 Å². The average molecular weight is 330 g/mol. The summed E-state index contributed by atoms with van der Waals surface area (Å²) >= 11 is 1.63. The molecule has 0 aliphatic rings. The molecule has 0 saturated carbocycles. The van der Waals surface area contributed by atoms with Crippen molar-refractivity contribution in [3.63, 3.8) is 0 Å². The molecule has 0 radical (unpaired) electrons. The highest BCUT2D eigenvalue weighted by molar-refractivity contribution is 7.18. The minimum absolute atomic E-state index is 0.113. The minimum Gasteiger partial charge on any atom is -0.467 e. The van der Waals surface area contributed by atoms with Gasteiger partial charge in [-0.25, -0.2) is 9.97 Å². The smallest absolute Gasteiger partial charge is 0.242 e. The molecule has 7 heteroatoms. The van der Waals surface area contributed by atoms with Gasteiger partial charge in [0.05, 0.1) is 18.2 Å². The van der Waals surface area contributed by atoms with Crippen LogP contribution in [0, 0.1) is 13.8 Å². The summed E-state index contributed by atoms with van der Waals surface area (Å²) in [7, 11) is 0. The van der Waals surface area contributed by atoms with Gasteiger partial charge in [-0.05, 0) is 38.5 Å². The van der Waals surface area contributed by atoms with Gasteiger partial charge in [-0.1, -0.05) is 0 Å².